The third-order valence-electron chi connectivity index (χ3n) is 5.07. The van der Waals surface area contributed by atoms with E-state index < -0.39 is 10.0 Å². The molecule has 1 fully saturated rings. The summed E-state index contributed by atoms with van der Waals surface area (Å²) in [5.74, 6) is 1.96. The maximum Gasteiger partial charge on any atom is 0.243 e. The molecule has 0 saturated carbocycles. The van der Waals surface area contributed by atoms with Crippen LogP contribution in [0.3, 0.4) is 0 Å². The van der Waals surface area contributed by atoms with Crippen molar-refractivity contribution in [2.75, 3.05) is 39.6 Å². The van der Waals surface area contributed by atoms with Gasteiger partial charge in [0.15, 0.2) is 11.5 Å². The van der Waals surface area contributed by atoms with Crippen LogP contribution in [0.4, 0.5) is 0 Å². The number of hydrogen-bond donors (Lipinski definition) is 1. The molecule has 2 aliphatic rings. The molecule has 9 heteroatoms. The molecule has 0 amide bonds. The van der Waals surface area contributed by atoms with E-state index in [1.165, 1.54) is 4.31 Å². The Balaban J connectivity index is 1.39. The van der Waals surface area contributed by atoms with Crippen molar-refractivity contribution in [3.8, 4) is 23.0 Å². The number of piperazine rings is 1. The van der Waals surface area contributed by atoms with E-state index in [9.17, 15) is 13.5 Å². The van der Waals surface area contributed by atoms with Crippen molar-refractivity contribution in [1.29, 1.82) is 0 Å². The van der Waals surface area contributed by atoms with Crippen molar-refractivity contribution in [1.82, 2.24) is 9.21 Å². The van der Waals surface area contributed by atoms with Crippen LogP contribution in [-0.2, 0) is 16.6 Å². The number of phenols is 1. The molecule has 0 spiro atoms. The summed E-state index contributed by atoms with van der Waals surface area (Å²) in [6, 6.07) is 9.85. The van der Waals surface area contributed by atoms with Crippen LogP contribution in [0.1, 0.15) is 12.5 Å². The van der Waals surface area contributed by atoms with Crippen LogP contribution in [0.2, 0.25) is 0 Å². The molecule has 0 aliphatic carbocycles. The minimum atomic E-state index is -3.54. The summed E-state index contributed by atoms with van der Waals surface area (Å²) in [5, 5.41) is 10.2. The smallest absolute Gasteiger partial charge is 0.243 e. The maximum atomic E-state index is 12.9. The molecule has 2 aliphatic heterocycles. The van der Waals surface area contributed by atoms with E-state index in [1.807, 2.05) is 6.92 Å². The van der Waals surface area contributed by atoms with Gasteiger partial charge in [-0.05, 0) is 37.3 Å². The molecule has 156 valence electrons. The van der Waals surface area contributed by atoms with Crippen LogP contribution in [-0.4, -0.2) is 62.3 Å². The second kappa shape index (κ2) is 8.10. The topological polar surface area (TPSA) is 88.5 Å². The number of sulfonamides is 1. The standard InChI is InChI=1S/C20H24N2O6S/c1-2-26-16-3-5-17(6-4-16)29(24,25)22-9-7-21(8-10-22)13-15-11-19-20(12-18(15)23)28-14-27-19/h3-6,11-12,23H,2,7-10,13-14H2,1H3. The van der Waals surface area contributed by atoms with Crippen LogP contribution in [0, 0.1) is 0 Å². The van der Waals surface area contributed by atoms with E-state index in [0.717, 1.165) is 5.56 Å². The molecular weight excluding hydrogens is 396 g/mol. The van der Waals surface area contributed by atoms with Gasteiger partial charge in [-0.2, -0.15) is 4.31 Å². The summed E-state index contributed by atoms with van der Waals surface area (Å²) in [6.07, 6.45) is 0. The van der Waals surface area contributed by atoms with Gasteiger partial charge in [-0.25, -0.2) is 8.42 Å². The highest BCUT2D eigenvalue weighted by molar-refractivity contribution is 7.89. The summed E-state index contributed by atoms with van der Waals surface area (Å²) in [5.41, 5.74) is 0.733. The highest BCUT2D eigenvalue weighted by Crippen LogP contribution is 2.38. The molecule has 2 heterocycles. The van der Waals surface area contributed by atoms with Gasteiger partial charge in [0, 0.05) is 44.4 Å². The molecule has 0 unspecified atom stereocenters. The second-order valence-corrected chi connectivity index (χ2v) is 8.86. The summed E-state index contributed by atoms with van der Waals surface area (Å²) >= 11 is 0. The molecule has 29 heavy (non-hydrogen) atoms. The van der Waals surface area contributed by atoms with E-state index in [4.69, 9.17) is 14.2 Å². The molecule has 0 radical (unpaired) electrons. The zero-order valence-corrected chi connectivity index (χ0v) is 17.0. The van der Waals surface area contributed by atoms with Crippen LogP contribution < -0.4 is 14.2 Å². The van der Waals surface area contributed by atoms with Gasteiger partial charge in [0.25, 0.3) is 0 Å². The normalized spacial score (nSPS) is 17.4. The number of ether oxygens (including phenoxy) is 3. The van der Waals surface area contributed by atoms with E-state index in [2.05, 4.69) is 4.90 Å². The lowest BCUT2D eigenvalue weighted by Gasteiger charge is -2.34. The van der Waals surface area contributed by atoms with Gasteiger partial charge in [0.2, 0.25) is 16.8 Å². The van der Waals surface area contributed by atoms with Crippen LogP contribution in [0.25, 0.3) is 0 Å². The fraction of sp³-hybridized carbons (Fsp3) is 0.400. The van der Waals surface area contributed by atoms with Crippen molar-refractivity contribution in [2.45, 2.75) is 18.4 Å². The zero-order valence-electron chi connectivity index (χ0n) is 16.2. The first-order chi connectivity index (χ1) is 14.0. The molecule has 0 aromatic heterocycles. The number of hydrogen-bond acceptors (Lipinski definition) is 7. The SMILES string of the molecule is CCOc1ccc(S(=O)(=O)N2CCN(Cc3cc4c(cc3O)OCO4)CC2)cc1. The first kappa shape index (κ1) is 19.8. The minimum absolute atomic E-state index is 0.152. The Morgan fingerprint density at radius 1 is 1.03 bits per heavy atom. The monoisotopic (exact) mass is 420 g/mol. The predicted octanol–water partition coefficient (Wildman–Crippen LogP) is 2.03. The average molecular weight is 420 g/mol. The van der Waals surface area contributed by atoms with E-state index in [1.54, 1.807) is 36.4 Å². The summed E-state index contributed by atoms with van der Waals surface area (Å²) in [4.78, 5) is 2.38. The van der Waals surface area contributed by atoms with Gasteiger partial charge in [0.1, 0.15) is 11.5 Å². The number of fused-ring (bicyclic) bond motifs is 1. The number of aromatic hydroxyl groups is 1. The lowest BCUT2D eigenvalue weighted by molar-refractivity contribution is 0.173. The Morgan fingerprint density at radius 2 is 1.69 bits per heavy atom. The van der Waals surface area contributed by atoms with Gasteiger partial charge < -0.3 is 19.3 Å². The van der Waals surface area contributed by atoms with Crippen molar-refractivity contribution in [2.24, 2.45) is 0 Å². The molecule has 1 N–H and O–H groups in total. The number of rotatable bonds is 6. The Morgan fingerprint density at radius 3 is 2.34 bits per heavy atom. The molecule has 0 bridgehead atoms. The average Bonchev–Trinajstić information content (AvgIpc) is 3.16. The maximum absolute atomic E-state index is 12.9. The Bertz CT molecular complexity index is 969. The lowest BCUT2D eigenvalue weighted by Crippen LogP contribution is -2.48. The zero-order chi connectivity index (χ0) is 20.4. The van der Waals surface area contributed by atoms with Gasteiger partial charge in [-0.3, -0.25) is 4.90 Å². The van der Waals surface area contributed by atoms with E-state index in [-0.39, 0.29) is 17.4 Å². The fourth-order valence-electron chi connectivity index (χ4n) is 3.49. The number of nitrogens with zero attached hydrogens (tertiary/aromatic N) is 2. The Kier molecular flexibility index (Phi) is 5.53. The van der Waals surface area contributed by atoms with Crippen molar-refractivity contribution in [3.63, 3.8) is 0 Å². The molecular formula is C20H24N2O6S. The molecule has 2 aromatic rings. The van der Waals surface area contributed by atoms with Gasteiger partial charge in [-0.1, -0.05) is 0 Å². The lowest BCUT2D eigenvalue weighted by atomic mass is 10.1. The molecule has 2 aromatic carbocycles. The first-order valence-electron chi connectivity index (χ1n) is 9.54. The van der Waals surface area contributed by atoms with Gasteiger partial charge >= 0.3 is 0 Å². The molecule has 0 atom stereocenters. The van der Waals surface area contributed by atoms with Crippen molar-refractivity contribution in [3.05, 3.63) is 42.0 Å². The van der Waals surface area contributed by atoms with Gasteiger partial charge in [0.05, 0.1) is 11.5 Å². The number of phenolic OH excluding ortho intramolecular Hbond substituents is 1. The Hall–Kier alpha value is -2.49. The third kappa shape index (κ3) is 4.12. The highest BCUT2D eigenvalue weighted by Gasteiger charge is 2.29. The quantitative estimate of drug-likeness (QED) is 0.765. The molecule has 4 rings (SSSR count). The van der Waals surface area contributed by atoms with E-state index in [0.29, 0.717) is 56.6 Å². The van der Waals surface area contributed by atoms with Crippen LogP contribution >= 0.6 is 0 Å². The Labute approximate surface area is 170 Å². The van der Waals surface area contributed by atoms with Crippen LogP contribution in [0.5, 0.6) is 23.0 Å². The summed E-state index contributed by atoms with van der Waals surface area (Å²) in [7, 11) is -3.54. The summed E-state index contributed by atoms with van der Waals surface area (Å²) < 4.78 is 43.3. The highest BCUT2D eigenvalue weighted by atomic mass is 32.2. The largest absolute Gasteiger partial charge is 0.507 e. The van der Waals surface area contributed by atoms with E-state index >= 15 is 0 Å². The number of benzene rings is 2. The third-order valence-corrected chi connectivity index (χ3v) is 6.98. The summed E-state index contributed by atoms with van der Waals surface area (Å²) in [6.45, 7) is 5.01. The fourth-order valence-corrected chi connectivity index (χ4v) is 4.91. The second-order valence-electron chi connectivity index (χ2n) is 6.92. The molecule has 8 nitrogen and oxygen atoms in total. The predicted molar refractivity (Wildman–Crippen MR) is 106 cm³/mol. The van der Waals surface area contributed by atoms with Crippen LogP contribution in [0.15, 0.2) is 41.3 Å². The van der Waals surface area contributed by atoms with Crippen molar-refractivity contribution < 1.29 is 27.7 Å². The molecule has 1 saturated heterocycles. The minimum Gasteiger partial charge on any atom is -0.507 e. The van der Waals surface area contributed by atoms with Gasteiger partial charge in [-0.15, -0.1) is 0 Å². The first-order valence-corrected chi connectivity index (χ1v) is 11.0. The van der Waals surface area contributed by atoms with Crippen molar-refractivity contribution >= 4 is 10.0 Å².